The van der Waals surface area contributed by atoms with Gasteiger partial charge < -0.3 is 5.73 Å². The molecule has 2 aromatic carbocycles. The summed E-state index contributed by atoms with van der Waals surface area (Å²) in [4.78, 5) is -0.130. The lowest BCUT2D eigenvalue weighted by Crippen LogP contribution is -2.08. The summed E-state index contributed by atoms with van der Waals surface area (Å²) in [5, 5.41) is 0.672. The third kappa shape index (κ3) is 3.23. The Labute approximate surface area is 126 Å². The van der Waals surface area contributed by atoms with Crippen molar-refractivity contribution in [3.8, 4) is 0 Å². The highest BCUT2D eigenvalue weighted by atomic mass is 35.5. The summed E-state index contributed by atoms with van der Waals surface area (Å²) < 4.78 is 37.6. The minimum absolute atomic E-state index is 0.130. The zero-order valence-corrected chi connectivity index (χ0v) is 12.4. The van der Waals surface area contributed by atoms with Gasteiger partial charge in [-0.1, -0.05) is 23.2 Å². The molecule has 2 N–H and O–H groups in total. The van der Waals surface area contributed by atoms with E-state index in [2.05, 4.69) is 0 Å². The Kier molecular flexibility index (Phi) is 4.22. The number of halogens is 3. The van der Waals surface area contributed by atoms with Crippen LogP contribution in [-0.4, -0.2) is 8.42 Å². The maximum atomic E-state index is 13.0. The van der Waals surface area contributed by atoms with Crippen molar-refractivity contribution in [3.63, 3.8) is 0 Å². The molecule has 20 heavy (non-hydrogen) atoms. The smallest absolute Gasteiger partial charge is 0.184 e. The summed E-state index contributed by atoms with van der Waals surface area (Å²) in [5.74, 6) is -0.954. The Balaban J connectivity index is 2.43. The summed E-state index contributed by atoms with van der Waals surface area (Å²) in [7, 11) is -3.73. The monoisotopic (exact) mass is 333 g/mol. The lowest BCUT2D eigenvalue weighted by Gasteiger charge is -2.09. The van der Waals surface area contributed by atoms with Gasteiger partial charge in [-0.25, -0.2) is 12.8 Å². The normalized spacial score (nSPS) is 11.6. The molecule has 0 fully saturated rings. The number of benzene rings is 2. The molecule has 0 aromatic heterocycles. The van der Waals surface area contributed by atoms with Crippen LogP contribution in [0.15, 0.2) is 41.3 Å². The van der Waals surface area contributed by atoms with Crippen LogP contribution in [0.3, 0.4) is 0 Å². The van der Waals surface area contributed by atoms with E-state index in [1.807, 2.05) is 0 Å². The van der Waals surface area contributed by atoms with Crippen LogP contribution in [0.1, 0.15) is 5.56 Å². The highest BCUT2D eigenvalue weighted by Crippen LogP contribution is 2.27. The lowest BCUT2D eigenvalue weighted by atomic mass is 10.2. The van der Waals surface area contributed by atoms with Gasteiger partial charge in [0.15, 0.2) is 9.84 Å². The predicted octanol–water partition coefficient (Wildman–Crippen LogP) is 3.69. The zero-order chi connectivity index (χ0) is 14.9. The van der Waals surface area contributed by atoms with E-state index in [0.717, 1.165) is 18.2 Å². The Morgan fingerprint density at radius 1 is 1.10 bits per heavy atom. The van der Waals surface area contributed by atoms with Crippen LogP contribution < -0.4 is 5.73 Å². The Bertz CT molecular complexity index is 763. The number of nitrogen functional groups attached to an aromatic ring is 1. The first-order valence-electron chi connectivity index (χ1n) is 5.51. The minimum atomic E-state index is -3.73. The third-order valence-electron chi connectivity index (χ3n) is 2.66. The highest BCUT2D eigenvalue weighted by molar-refractivity contribution is 7.90. The largest absolute Gasteiger partial charge is 0.398 e. The van der Waals surface area contributed by atoms with E-state index in [-0.39, 0.29) is 16.3 Å². The fourth-order valence-electron chi connectivity index (χ4n) is 1.74. The van der Waals surface area contributed by atoms with Gasteiger partial charge in [-0.3, -0.25) is 0 Å². The molecular weight excluding hydrogens is 324 g/mol. The average molecular weight is 334 g/mol. The summed E-state index contributed by atoms with van der Waals surface area (Å²) >= 11 is 11.8. The van der Waals surface area contributed by atoms with Crippen LogP contribution in [0.4, 0.5) is 10.1 Å². The Hall–Kier alpha value is -1.30. The summed E-state index contributed by atoms with van der Waals surface area (Å²) in [6.07, 6.45) is 0. The molecule has 7 heteroatoms. The number of nitrogens with two attached hydrogens (primary N) is 1. The molecule has 0 saturated heterocycles. The van der Waals surface area contributed by atoms with Crippen molar-refractivity contribution < 1.29 is 12.8 Å². The fraction of sp³-hybridized carbons (Fsp3) is 0.0769. The molecule has 0 aliphatic carbocycles. The number of rotatable bonds is 3. The second kappa shape index (κ2) is 5.60. The van der Waals surface area contributed by atoms with Gasteiger partial charge in [0.25, 0.3) is 0 Å². The van der Waals surface area contributed by atoms with Crippen LogP contribution >= 0.6 is 23.2 Å². The number of sulfone groups is 1. The number of anilines is 1. The van der Waals surface area contributed by atoms with Crippen LogP contribution in [-0.2, 0) is 15.6 Å². The van der Waals surface area contributed by atoms with Crippen LogP contribution in [0.5, 0.6) is 0 Å². The molecule has 0 amide bonds. The predicted molar refractivity (Wildman–Crippen MR) is 78.2 cm³/mol. The molecule has 0 aliphatic heterocycles. The van der Waals surface area contributed by atoms with Gasteiger partial charge >= 0.3 is 0 Å². The average Bonchev–Trinajstić information content (AvgIpc) is 2.33. The first kappa shape index (κ1) is 15.1. The molecule has 0 unspecified atom stereocenters. The third-order valence-corrected chi connectivity index (χ3v) is 5.00. The fourth-order valence-corrected chi connectivity index (χ4v) is 3.69. The maximum absolute atomic E-state index is 13.0. The zero-order valence-electron chi connectivity index (χ0n) is 10.1. The van der Waals surface area contributed by atoms with Gasteiger partial charge in [0.05, 0.1) is 16.3 Å². The van der Waals surface area contributed by atoms with E-state index in [9.17, 15) is 12.8 Å². The van der Waals surface area contributed by atoms with Gasteiger partial charge in [-0.15, -0.1) is 0 Å². The maximum Gasteiger partial charge on any atom is 0.184 e. The van der Waals surface area contributed by atoms with Crippen molar-refractivity contribution in [2.75, 3.05) is 5.73 Å². The van der Waals surface area contributed by atoms with Crippen molar-refractivity contribution in [2.45, 2.75) is 10.6 Å². The topological polar surface area (TPSA) is 60.2 Å². The van der Waals surface area contributed by atoms with Crippen molar-refractivity contribution >= 4 is 38.7 Å². The molecule has 0 atom stereocenters. The SMILES string of the molecule is Nc1cc(F)ccc1S(=O)(=O)Cc1cc(Cl)ccc1Cl. The van der Waals surface area contributed by atoms with E-state index in [0.29, 0.717) is 15.6 Å². The summed E-state index contributed by atoms with van der Waals surface area (Å²) in [6, 6.07) is 7.70. The molecule has 0 aliphatic rings. The first-order chi connectivity index (χ1) is 9.29. The molecule has 2 rings (SSSR count). The summed E-state index contributed by atoms with van der Waals surface area (Å²) in [5.41, 5.74) is 5.78. The van der Waals surface area contributed by atoms with Gasteiger partial charge in [0.2, 0.25) is 0 Å². The molecule has 0 spiro atoms. The second-order valence-electron chi connectivity index (χ2n) is 4.18. The number of hydrogen-bond donors (Lipinski definition) is 1. The molecular formula is C13H10Cl2FNO2S. The van der Waals surface area contributed by atoms with Gasteiger partial charge in [-0.2, -0.15) is 0 Å². The quantitative estimate of drug-likeness (QED) is 0.688. The van der Waals surface area contributed by atoms with Gasteiger partial charge in [0, 0.05) is 10.0 Å². The van der Waals surface area contributed by atoms with E-state index < -0.39 is 15.7 Å². The Morgan fingerprint density at radius 3 is 2.45 bits per heavy atom. The van der Waals surface area contributed by atoms with Crippen molar-refractivity contribution in [3.05, 3.63) is 57.8 Å². The van der Waals surface area contributed by atoms with Crippen LogP contribution in [0, 0.1) is 5.82 Å². The van der Waals surface area contributed by atoms with E-state index in [4.69, 9.17) is 28.9 Å². The van der Waals surface area contributed by atoms with E-state index >= 15 is 0 Å². The standard InChI is InChI=1S/C13H10Cl2FNO2S/c14-9-1-3-11(15)8(5-9)7-20(18,19)13-4-2-10(16)6-12(13)17/h1-6H,7,17H2. The minimum Gasteiger partial charge on any atom is -0.398 e. The molecule has 2 aromatic rings. The van der Waals surface area contributed by atoms with Crippen molar-refractivity contribution in [1.29, 1.82) is 0 Å². The van der Waals surface area contributed by atoms with Crippen molar-refractivity contribution in [1.82, 2.24) is 0 Å². The van der Waals surface area contributed by atoms with E-state index in [1.54, 1.807) is 6.07 Å². The van der Waals surface area contributed by atoms with Crippen LogP contribution in [0.25, 0.3) is 0 Å². The Morgan fingerprint density at radius 2 is 1.80 bits per heavy atom. The van der Waals surface area contributed by atoms with Gasteiger partial charge in [-0.05, 0) is 42.0 Å². The molecule has 106 valence electrons. The number of hydrogen-bond acceptors (Lipinski definition) is 3. The van der Waals surface area contributed by atoms with Gasteiger partial charge in [0.1, 0.15) is 5.82 Å². The molecule has 0 saturated carbocycles. The molecule has 0 radical (unpaired) electrons. The van der Waals surface area contributed by atoms with E-state index in [1.165, 1.54) is 12.1 Å². The van der Waals surface area contributed by atoms with Crippen LogP contribution in [0.2, 0.25) is 10.0 Å². The summed E-state index contributed by atoms with van der Waals surface area (Å²) in [6.45, 7) is 0. The molecule has 0 heterocycles. The second-order valence-corrected chi connectivity index (χ2v) is 6.98. The molecule has 0 bridgehead atoms. The van der Waals surface area contributed by atoms with Crippen molar-refractivity contribution in [2.24, 2.45) is 0 Å². The lowest BCUT2D eigenvalue weighted by molar-refractivity contribution is 0.594. The highest BCUT2D eigenvalue weighted by Gasteiger charge is 2.20. The first-order valence-corrected chi connectivity index (χ1v) is 7.92. The molecule has 3 nitrogen and oxygen atoms in total.